The molecule has 0 aliphatic carbocycles. The minimum atomic E-state index is -0.409. The maximum atomic E-state index is 6.33. The number of halogens is 1. The second-order valence-electron chi connectivity index (χ2n) is 4.84. The van der Waals surface area contributed by atoms with Crippen molar-refractivity contribution in [3.8, 4) is 0 Å². The number of ether oxygens (including phenoxy) is 4. The molecule has 4 atom stereocenters. The van der Waals surface area contributed by atoms with Crippen LogP contribution in [0.25, 0.3) is 0 Å². The molecule has 114 valence electrons. The molecule has 0 radical (unpaired) electrons. The van der Waals surface area contributed by atoms with Crippen molar-refractivity contribution in [2.24, 2.45) is 0 Å². The minimum Gasteiger partial charge on any atom is -0.379 e. The van der Waals surface area contributed by atoms with E-state index in [1.54, 1.807) is 7.11 Å². The van der Waals surface area contributed by atoms with Crippen LogP contribution in [0, 0.1) is 0 Å². The normalized spacial score (nSPS) is 30.9. The first-order valence-electron chi connectivity index (χ1n) is 7.26. The molecule has 1 aliphatic heterocycles. The number of rotatable bonds is 10. The van der Waals surface area contributed by atoms with Gasteiger partial charge in [0, 0.05) is 20.3 Å². The largest absolute Gasteiger partial charge is 0.379 e. The van der Waals surface area contributed by atoms with Gasteiger partial charge in [0.1, 0.15) is 17.6 Å². The van der Waals surface area contributed by atoms with Crippen molar-refractivity contribution < 1.29 is 18.9 Å². The van der Waals surface area contributed by atoms with Gasteiger partial charge in [0.2, 0.25) is 0 Å². The van der Waals surface area contributed by atoms with Crippen LogP contribution >= 0.6 is 11.6 Å². The fraction of sp³-hybridized carbons (Fsp3) is 1.00. The Balaban J connectivity index is 2.40. The number of methoxy groups -OCH3 is 1. The molecule has 0 aromatic rings. The van der Waals surface area contributed by atoms with E-state index in [2.05, 4.69) is 13.8 Å². The van der Waals surface area contributed by atoms with Crippen LogP contribution in [0.15, 0.2) is 0 Å². The van der Waals surface area contributed by atoms with Gasteiger partial charge >= 0.3 is 0 Å². The zero-order valence-electron chi connectivity index (χ0n) is 12.3. The summed E-state index contributed by atoms with van der Waals surface area (Å²) in [5.41, 5.74) is 0. The molecule has 1 saturated heterocycles. The van der Waals surface area contributed by atoms with E-state index in [4.69, 9.17) is 30.5 Å². The third-order valence-corrected chi connectivity index (χ3v) is 3.67. The number of hydrogen-bond donors (Lipinski definition) is 0. The van der Waals surface area contributed by atoms with Gasteiger partial charge < -0.3 is 18.9 Å². The van der Waals surface area contributed by atoms with Crippen LogP contribution in [0.1, 0.15) is 39.5 Å². The highest BCUT2D eigenvalue weighted by molar-refractivity contribution is 6.21. The van der Waals surface area contributed by atoms with E-state index in [0.29, 0.717) is 13.2 Å². The van der Waals surface area contributed by atoms with Crippen LogP contribution in [-0.4, -0.2) is 50.8 Å². The summed E-state index contributed by atoms with van der Waals surface area (Å²) in [7, 11) is 1.60. The Hall–Kier alpha value is 0.130. The smallest absolute Gasteiger partial charge is 0.176 e. The Morgan fingerprint density at radius 1 is 1.11 bits per heavy atom. The lowest BCUT2D eigenvalue weighted by atomic mass is 10.2. The first kappa shape index (κ1) is 17.2. The standard InChI is InChI=1S/C14H27ClO4/c1-4-6-8-17-10-11-13(18-9-7-5-2)12(15)14(16-3)19-11/h11-14H,4-10H2,1-3H3/t11-,12-,13-,14?/m1/s1. The van der Waals surface area contributed by atoms with E-state index in [1.807, 2.05) is 0 Å². The summed E-state index contributed by atoms with van der Waals surface area (Å²) in [4.78, 5) is 0. The molecule has 0 aromatic heterocycles. The number of alkyl halides is 1. The molecule has 19 heavy (non-hydrogen) atoms. The quantitative estimate of drug-likeness (QED) is 0.458. The minimum absolute atomic E-state index is 0.138. The highest BCUT2D eigenvalue weighted by atomic mass is 35.5. The zero-order chi connectivity index (χ0) is 14.1. The topological polar surface area (TPSA) is 36.9 Å². The maximum Gasteiger partial charge on any atom is 0.176 e. The molecule has 1 unspecified atom stereocenters. The second-order valence-corrected chi connectivity index (χ2v) is 5.34. The average molecular weight is 295 g/mol. The summed E-state index contributed by atoms with van der Waals surface area (Å²) in [5.74, 6) is 0. The van der Waals surface area contributed by atoms with E-state index in [0.717, 1.165) is 32.3 Å². The van der Waals surface area contributed by atoms with Gasteiger partial charge in [-0.2, -0.15) is 0 Å². The van der Waals surface area contributed by atoms with Gasteiger partial charge in [-0.1, -0.05) is 26.7 Å². The first-order chi connectivity index (χ1) is 9.24. The van der Waals surface area contributed by atoms with Crippen molar-refractivity contribution in [2.45, 2.75) is 63.4 Å². The molecule has 0 spiro atoms. The van der Waals surface area contributed by atoms with Crippen LogP contribution in [0.2, 0.25) is 0 Å². The van der Waals surface area contributed by atoms with Crippen LogP contribution in [0.5, 0.6) is 0 Å². The van der Waals surface area contributed by atoms with Crippen LogP contribution in [-0.2, 0) is 18.9 Å². The fourth-order valence-electron chi connectivity index (χ4n) is 2.01. The van der Waals surface area contributed by atoms with Crippen molar-refractivity contribution in [3.63, 3.8) is 0 Å². The molecular formula is C14H27ClO4. The molecule has 1 rings (SSSR count). The molecule has 1 heterocycles. The SMILES string of the molecule is CCCCOC[C@H]1OC(OC)[C@H](Cl)[C@@H]1OCCCC. The summed E-state index contributed by atoms with van der Waals surface area (Å²) in [6.07, 6.45) is 3.62. The van der Waals surface area contributed by atoms with Crippen molar-refractivity contribution in [3.05, 3.63) is 0 Å². The summed E-state index contributed by atoms with van der Waals surface area (Å²) in [6, 6.07) is 0. The lowest BCUT2D eigenvalue weighted by molar-refractivity contribution is -0.135. The monoisotopic (exact) mass is 294 g/mol. The maximum absolute atomic E-state index is 6.33. The predicted molar refractivity (Wildman–Crippen MR) is 75.7 cm³/mol. The molecule has 4 nitrogen and oxygen atoms in total. The van der Waals surface area contributed by atoms with Gasteiger partial charge in [0.25, 0.3) is 0 Å². The highest BCUT2D eigenvalue weighted by Gasteiger charge is 2.44. The van der Waals surface area contributed by atoms with Crippen LogP contribution in [0.4, 0.5) is 0 Å². The third kappa shape index (κ3) is 5.56. The van der Waals surface area contributed by atoms with Crippen molar-refractivity contribution >= 4 is 11.6 Å². The summed E-state index contributed by atoms with van der Waals surface area (Å²) >= 11 is 6.33. The van der Waals surface area contributed by atoms with Crippen LogP contribution < -0.4 is 0 Å². The summed E-state index contributed by atoms with van der Waals surface area (Å²) < 4.78 is 22.4. The summed E-state index contributed by atoms with van der Waals surface area (Å²) in [5, 5.41) is -0.276. The van der Waals surface area contributed by atoms with E-state index in [1.165, 1.54) is 0 Å². The van der Waals surface area contributed by atoms with Crippen molar-refractivity contribution in [1.29, 1.82) is 0 Å². The van der Waals surface area contributed by atoms with Gasteiger partial charge in [0.15, 0.2) is 6.29 Å². The Bertz CT molecular complexity index is 227. The lowest BCUT2D eigenvalue weighted by Gasteiger charge is -2.20. The zero-order valence-corrected chi connectivity index (χ0v) is 13.0. The Morgan fingerprint density at radius 3 is 2.42 bits per heavy atom. The molecule has 0 bridgehead atoms. The second kappa shape index (κ2) is 9.94. The Kier molecular flexibility index (Phi) is 8.99. The predicted octanol–water partition coefficient (Wildman–Crippen LogP) is 2.97. The Morgan fingerprint density at radius 2 is 1.79 bits per heavy atom. The molecule has 1 fully saturated rings. The van der Waals surface area contributed by atoms with Gasteiger partial charge in [-0.25, -0.2) is 0 Å². The van der Waals surface area contributed by atoms with Gasteiger partial charge in [-0.3, -0.25) is 0 Å². The van der Waals surface area contributed by atoms with Gasteiger partial charge in [-0.05, 0) is 12.8 Å². The van der Waals surface area contributed by atoms with Gasteiger partial charge in [0.05, 0.1) is 6.61 Å². The van der Waals surface area contributed by atoms with Gasteiger partial charge in [-0.15, -0.1) is 11.6 Å². The summed E-state index contributed by atoms with van der Waals surface area (Å²) in [6.45, 7) is 6.25. The molecule has 5 heteroatoms. The highest BCUT2D eigenvalue weighted by Crippen LogP contribution is 2.29. The van der Waals surface area contributed by atoms with E-state index >= 15 is 0 Å². The Labute approximate surface area is 121 Å². The molecule has 0 N–H and O–H groups in total. The first-order valence-corrected chi connectivity index (χ1v) is 7.69. The molecule has 0 amide bonds. The van der Waals surface area contributed by atoms with E-state index in [9.17, 15) is 0 Å². The average Bonchev–Trinajstić information content (AvgIpc) is 2.72. The van der Waals surface area contributed by atoms with Crippen molar-refractivity contribution in [2.75, 3.05) is 26.9 Å². The molecule has 0 saturated carbocycles. The van der Waals surface area contributed by atoms with E-state index < -0.39 is 6.29 Å². The molecule has 1 aliphatic rings. The fourth-order valence-corrected chi connectivity index (χ4v) is 2.41. The van der Waals surface area contributed by atoms with Crippen LogP contribution in [0.3, 0.4) is 0 Å². The van der Waals surface area contributed by atoms with E-state index in [-0.39, 0.29) is 17.6 Å². The number of unbranched alkanes of at least 4 members (excludes halogenated alkanes) is 2. The molecular weight excluding hydrogens is 268 g/mol. The third-order valence-electron chi connectivity index (χ3n) is 3.21. The van der Waals surface area contributed by atoms with Crippen molar-refractivity contribution in [1.82, 2.24) is 0 Å². The number of hydrogen-bond acceptors (Lipinski definition) is 4. The molecule has 0 aromatic carbocycles. The lowest BCUT2D eigenvalue weighted by Crippen LogP contribution is -2.35.